The third-order valence-electron chi connectivity index (χ3n) is 8.36. The van der Waals surface area contributed by atoms with Gasteiger partial charge in [0.15, 0.2) is 0 Å². The van der Waals surface area contributed by atoms with Crippen LogP contribution in [0.3, 0.4) is 0 Å². The van der Waals surface area contributed by atoms with Crippen molar-refractivity contribution in [2.45, 2.75) is 43.8 Å². The van der Waals surface area contributed by atoms with Crippen LogP contribution < -0.4 is 15.0 Å². The monoisotopic (exact) mass is 496 g/mol. The van der Waals surface area contributed by atoms with E-state index in [0.717, 1.165) is 64.8 Å². The minimum absolute atomic E-state index is 0.223. The van der Waals surface area contributed by atoms with E-state index < -0.39 is 0 Å². The summed E-state index contributed by atoms with van der Waals surface area (Å²) in [5.74, 6) is 1.19. The Balaban J connectivity index is 1.34. The van der Waals surface area contributed by atoms with E-state index >= 15 is 0 Å². The van der Waals surface area contributed by atoms with Crippen molar-refractivity contribution in [3.63, 3.8) is 0 Å². The average Bonchev–Trinajstić information content (AvgIpc) is 3.43. The number of nitrogens with zero attached hydrogens (tertiary/aromatic N) is 5. The number of likely N-dealkylation sites (tertiary alicyclic amines) is 1. The first kappa shape index (κ1) is 22.7. The van der Waals surface area contributed by atoms with E-state index in [4.69, 9.17) is 14.7 Å². The van der Waals surface area contributed by atoms with Gasteiger partial charge in [0.1, 0.15) is 18.2 Å². The molecule has 37 heavy (non-hydrogen) atoms. The standard InChI is InChI=1S/C29H32N6O2/c1-34-11-3-5-22(34)17-37-29-32-26-13-18(25-14-23(36)12-19-4-2-10-31-27(19)25)6-9-24(26)28(33-29)35-20-7-8-21(35)16-30-15-20/h2,4,6,9-10,12-14,20-22,30,36H,3,5,7-8,11,15-17H2,1H3/t20-,21+,22-/m0/s1. The Morgan fingerprint density at radius 2 is 1.92 bits per heavy atom. The number of ether oxygens (including phenoxy) is 1. The van der Waals surface area contributed by atoms with Crippen LogP contribution in [0.1, 0.15) is 25.7 Å². The number of likely N-dealkylation sites (N-methyl/N-ethyl adjacent to an activating group) is 1. The van der Waals surface area contributed by atoms with Gasteiger partial charge < -0.3 is 25.0 Å². The van der Waals surface area contributed by atoms with Gasteiger partial charge in [-0.3, -0.25) is 4.98 Å². The van der Waals surface area contributed by atoms with Crippen molar-refractivity contribution in [3.8, 4) is 22.9 Å². The second-order valence-corrected chi connectivity index (χ2v) is 10.7. The molecule has 5 heterocycles. The summed E-state index contributed by atoms with van der Waals surface area (Å²) in [7, 11) is 2.16. The molecule has 0 spiro atoms. The Hall–Kier alpha value is -3.49. The summed E-state index contributed by atoms with van der Waals surface area (Å²) in [6.07, 6.45) is 6.47. The predicted octanol–water partition coefficient (Wildman–Crippen LogP) is 3.96. The molecule has 2 aromatic carbocycles. The van der Waals surface area contributed by atoms with Crippen molar-refractivity contribution in [2.75, 3.05) is 38.2 Å². The topological polar surface area (TPSA) is 86.6 Å². The van der Waals surface area contributed by atoms with Crippen LogP contribution in [-0.4, -0.2) is 76.4 Å². The number of hydrogen-bond donors (Lipinski definition) is 2. The molecule has 8 nitrogen and oxygen atoms in total. The molecular formula is C29H32N6O2. The lowest BCUT2D eigenvalue weighted by atomic mass is 10.00. The van der Waals surface area contributed by atoms with Gasteiger partial charge in [0.2, 0.25) is 0 Å². The number of pyridine rings is 1. The summed E-state index contributed by atoms with van der Waals surface area (Å²) in [4.78, 5) is 19.4. The molecule has 4 aromatic rings. The molecule has 190 valence electrons. The summed E-state index contributed by atoms with van der Waals surface area (Å²) >= 11 is 0. The number of phenolic OH excluding ortho intramolecular Hbond substituents is 1. The molecule has 3 saturated heterocycles. The van der Waals surface area contributed by atoms with Gasteiger partial charge >= 0.3 is 6.01 Å². The van der Waals surface area contributed by atoms with Crippen molar-refractivity contribution >= 4 is 27.6 Å². The minimum Gasteiger partial charge on any atom is -0.508 e. The maximum Gasteiger partial charge on any atom is 0.319 e. The number of anilines is 1. The predicted molar refractivity (Wildman–Crippen MR) is 145 cm³/mol. The SMILES string of the molecule is CN1CCC[C@H]1COc1nc(N2[C@@H]3CC[C@H]2CNC3)c2ccc(-c3cc(O)cc4cccnc34)cc2n1. The van der Waals surface area contributed by atoms with Gasteiger partial charge in [0.25, 0.3) is 0 Å². The number of piperazine rings is 1. The molecule has 8 heteroatoms. The Morgan fingerprint density at radius 1 is 1.05 bits per heavy atom. The van der Waals surface area contributed by atoms with E-state index in [1.165, 1.54) is 19.3 Å². The maximum atomic E-state index is 10.4. The van der Waals surface area contributed by atoms with Crippen molar-refractivity contribution in [3.05, 3.63) is 48.7 Å². The number of benzene rings is 2. The van der Waals surface area contributed by atoms with E-state index in [-0.39, 0.29) is 5.75 Å². The zero-order chi connectivity index (χ0) is 24.9. The number of fused-ring (bicyclic) bond motifs is 4. The van der Waals surface area contributed by atoms with Crippen molar-refractivity contribution in [1.29, 1.82) is 0 Å². The number of nitrogens with one attached hydrogen (secondary N) is 1. The van der Waals surface area contributed by atoms with Gasteiger partial charge in [-0.25, -0.2) is 0 Å². The third kappa shape index (κ3) is 4.04. The highest BCUT2D eigenvalue weighted by molar-refractivity contribution is 5.99. The zero-order valence-corrected chi connectivity index (χ0v) is 21.1. The lowest BCUT2D eigenvalue weighted by Crippen LogP contribution is -2.52. The molecule has 3 aliphatic rings. The number of rotatable bonds is 5. The summed E-state index contributed by atoms with van der Waals surface area (Å²) in [5, 5.41) is 15.9. The van der Waals surface area contributed by atoms with Crippen LogP contribution in [0.15, 0.2) is 48.7 Å². The molecule has 7 rings (SSSR count). The second-order valence-electron chi connectivity index (χ2n) is 10.7. The summed E-state index contributed by atoms with van der Waals surface area (Å²) < 4.78 is 6.27. The van der Waals surface area contributed by atoms with Gasteiger partial charge in [0.05, 0.1) is 11.0 Å². The third-order valence-corrected chi connectivity index (χ3v) is 8.36. The summed E-state index contributed by atoms with van der Waals surface area (Å²) in [6.45, 7) is 3.65. The largest absolute Gasteiger partial charge is 0.508 e. The Labute approximate surface area is 216 Å². The van der Waals surface area contributed by atoms with E-state index in [2.05, 4.69) is 45.3 Å². The summed E-state index contributed by atoms with van der Waals surface area (Å²) in [6, 6.07) is 15.4. The van der Waals surface area contributed by atoms with Crippen molar-refractivity contribution in [1.82, 2.24) is 25.2 Å². The summed E-state index contributed by atoms with van der Waals surface area (Å²) in [5.41, 5.74) is 3.55. The zero-order valence-electron chi connectivity index (χ0n) is 21.1. The van der Waals surface area contributed by atoms with Gasteiger partial charge in [-0.1, -0.05) is 12.1 Å². The second kappa shape index (κ2) is 9.11. The quantitative estimate of drug-likeness (QED) is 0.429. The van der Waals surface area contributed by atoms with Crippen LogP contribution in [-0.2, 0) is 0 Å². The van der Waals surface area contributed by atoms with Gasteiger partial charge in [-0.15, -0.1) is 0 Å². The average molecular weight is 497 g/mol. The lowest BCUT2D eigenvalue weighted by Gasteiger charge is -2.37. The van der Waals surface area contributed by atoms with Crippen LogP contribution >= 0.6 is 0 Å². The fraction of sp³-hybridized carbons (Fsp3) is 0.414. The molecular weight excluding hydrogens is 464 g/mol. The van der Waals surface area contributed by atoms with Gasteiger partial charge in [-0.2, -0.15) is 9.97 Å². The Morgan fingerprint density at radius 3 is 2.73 bits per heavy atom. The first-order valence-corrected chi connectivity index (χ1v) is 13.4. The maximum absolute atomic E-state index is 10.4. The first-order valence-electron chi connectivity index (χ1n) is 13.4. The van der Waals surface area contributed by atoms with E-state index in [0.29, 0.717) is 30.7 Å². The van der Waals surface area contributed by atoms with E-state index in [1.807, 2.05) is 12.1 Å². The van der Waals surface area contributed by atoms with E-state index in [1.54, 1.807) is 18.3 Å². The highest BCUT2D eigenvalue weighted by Crippen LogP contribution is 2.39. The fourth-order valence-electron chi connectivity index (χ4n) is 6.40. The van der Waals surface area contributed by atoms with Crippen LogP contribution in [0.2, 0.25) is 0 Å². The normalized spacial score (nSPS) is 23.8. The van der Waals surface area contributed by atoms with Crippen molar-refractivity contribution in [2.24, 2.45) is 0 Å². The van der Waals surface area contributed by atoms with Gasteiger partial charge in [0, 0.05) is 53.7 Å². The lowest BCUT2D eigenvalue weighted by molar-refractivity contribution is 0.188. The molecule has 3 atom stereocenters. The fourth-order valence-corrected chi connectivity index (χ4v) is 6.40. The van der Waals surface area contributed by atoms with Crippen LogP contribution in [0.4, 0.5) is 5.82 Å². The highest BCUT2D eigenvalue weighted by Gasteiger charge is 2.38. The number of phenols is 1. The molecule has 2 aromatic heterocycles. The number of aromatic nitrogens is 3. The van der Waals surface area contributed by atoms with Crippen LogP contribution in [0.5, 0.6) is 11.8 Å². The molecule has 0 saturated carbocycles. The van der Waals surface area contributed by atoms with Gasteiger partial charge in [-0.05, 0) is 75.2 Å². The molecule has 0 aliphatic carbocycles. The molecule has 3 fully saturated rings. The molecule has 0 unspecified atom stereocenters. The first-order chi connectivity index (χ1) is 18.1. The van der Waals surface area contributed by atoms with E-state index in [9.17, 15) is 5.11 Å². The minimum atomic E-state index is 0.223. The highest BCUT2D eigenvalue weighted by atomic mass is 16.5. The number of hydrogen-bond acceptors (Lipinski definition) is 8. The van der Waals surface area contributed by atoms with Crippen molar-refractivity contribution < 1.29 is 9.84 Å². The smallest absolute Gasteiger partial charge is 0.319 e. The molecule has 2 bridgehead atoms. The molecule has 2 N–H and O–H groups in total. The molecule has 0 amide bonds. The number of aromatic hydroxyl groups is 1. The Bertz CT molecular complexity index is 1460. The molecule has 3 aliphatic heterocycles. The molecule has 0 radical (unpaired) electrons. The van der Waals surface area contributed by atoms with Crippen LogP contribution in [0.25, 0.3) is 32.9 Å². The Kier molecular flexibility index (Phi) is 5.59. The van der Waals surface area contributed by atoms with Crippen LogP contribution in [0, 0.1) is 0 Å².